The van der Waals surface area contributed by atoms with Gasteiger partial charge < -0.3 is 14.6 Å². The molecule has 1 aromatic heterocycles. The summed E-state index contributed by atoms with van der Waals surface area (Å²) in [5, 5.41) is 9.77. The van der Waals surface area contributed by atoms with Gasteiger partial charge in [-0.15, -0.1) is 0 Å². The third-order valence-electron chi connectivity index (χ3n) is 10.6. The lowest BCUT2D eigenvalue weighted by molar-refractivity contribution is -0.142. The van der Waals surface area contributed by atoms with Gasteiger partial charge in [0.15, 0.2) is 0 Å². The number of hydrogen-bond acceptors (Lipinski definition) is 5. The first-order valence-electron chi connectivity index (χ1n) is 15.9. The molecule has 2 aliphatic heterocycles. The fourth-order valence-corrected chi connectivity index (χ4v) is 7.45. The summed E-state index contributed by atoms with van der Waals surface area (Å²) in [5.41, 5.74) is 6.36. The molecule has 7 heteroatoms. The van der Waals surface area contributed by atoms with Crippen LogP contribution in [0.3, 0.4) is 0 Å². The van der Waals surface area contributed by atoms with Crippen LogP contribution < -0.4 is 9.47 Å². The number of pyridine rings is 1. The average Bonchev–Trinajstić information content (AvgIpc) is 3.97. The van der Waals surface area contributed by atoms with Crippen molar-refractivity contribution < 1.29 is 23.8 Å². The number of nitrogens with zero attached hydrogens (tertiary/aromatic N) is 2. The minimum atomic E-state index is -0.745. The molecule has 0 radical (unpaired) electrons. The first-order valence-corrected chi connectivity index (χ1v) is 15.9. The Balaban J connectivity index is 1.18. The molecule has 3 aromatic rings. The highest BCUT2D eigenvalue weighted by Crippen LogP contribution is 2.54. The Morgan fingerprint density at radius 1 is 1.09 bits per heavy atom. The number of carbonyl (C=O) groups is 1. The van der Waals surface area contributed by atoms with E-state index in [2.05, 4.69) is 40.2 Å². The molecule has 1 spiro atoms. The van der Waals surface area contributed by atoms with Crippen molar-refractivity contribution in [3.8, 4) is 22.8 Å². The number of methoxy groups -OCH3 is 1. The van der Waals surface area contributed by atoms with E-state index in [0.717, 1.165) is 73.3 Å². The van der Waals surface area contributed by atoms with Crippen molar-refractivity contribution in [1.29, 1.82) is 0 Å². The number of fused-ring (bicyclic) bond motifs is 1. The van der Waals surface area contributed by atoms with Gasteiger partial charge in [0.05, 0.1) is 19.2 Å². The van der Waals surface area contributed by atoms with E-state index in [1.165, 1.54) is 37.4 Å². The molecule has 1 saturated heterocycles. The lowest BCUT2D eigenvalue weighted by Crippen LogP contribution is -2.34. The molecule has 4 aliphatic rings. The van der Waals surface area contributed by atoms with Gasteiger partial charge in [0.1, 0.15) is 17.7 Å². The van der Waals surface area contributed by atoms with E-state index >= 15 is 4.39 Å². The van der Waals surface area contributed by atoms with Gasteiger partial charge in [-0.2, -0.15) is 0 Å². The number of halogens is 1. The Morgan fingerprint density at radius 3 is 2.58 bits per heavy atom. The van der Waals surface area contributed by atoms with Gasteiger partial charge in [0.2, 0.25) is 5.88 Å². The van der Waals surface area contributed by atoms with Crippen LogP contribution in [0.1, 0.15) is 86.1 Å². The monoisotopic (exact) mass is 584 g/mol. The summed E-state index contributed by atoms with van der Waals surface area (Å²) in [6, 6.07) is 14.3. The number of likely N-dealkylation sites (tertiary alicyclic amines) is 1. The van der Waals surface area contributed by atoms with Crippen molar-refractivity contribution in [3.63, 3.8) is 0 Å². The SMILES string of the molecule is COc1cc(-c2ccc([C@@H]3CCc4ccc([C@H](C5CC5)[C@H](C)C(=O)O)cc4O3)cc2CN2CCC3(CC2)CC3)c(F)cn1. The lowest BCUT2D eigenvalue weighted by atomic mass is 9.82. The minimum absolute atomic E-state index is 0.00392. The quantitative estimate of drug-likeness (QED) is 0.280. The topological polar surface area (TPSA) is 71.9 Å². The molecule has 226 valence electrons. The summed E-state index contributed by atoms with van der Waals surface area (Å²) in [7, 11) is 1.55. The van der Waals surface area contributed by atoms with E-state index in [9.17, 15) is 9.90 Å². The number of aliphatic carboxylic acids is 1. The van der Waals surface area contributed by atoms with E-state index in [-0.39, 0.29) is 17.8 Å². The molecule has 1 N–H and O–H groups in total. The summed E-state index contributed by atoms with van der Waals surface area (Å²) in [6.07, 6.45) is 10.2. The zero-order chi connectivity index (χ0) is 29.7. The van der Waals surface area contributed by atoms with E-state index in [0.29, 0.717) is 22.8 Å². The molecule has 7 rings (SSSR count). The minimum Gasteiger partial charge on any atom is -0.485 e. The summed E-state index contributed by atoms with van der Waals surface area (Å²) < 4.78 is 27.2. The number of hydrogen-bond donors (Lipinski definition) is 1. The highest BCUT2D eigenvalue weighted by Gasteiger charge is 2.44. The van der Waals surface area contributed by atoms with Crippen LogP contribution in [0.25, 0.3) is 11.1 Å². The normalized spacial score (nSPS) is 22.3. The number of aryl methyl sites for hydroxylation is 1. The van der Waals surface area contributed by atoms with Crippen LogP contribution in [0.5, 0.6) is 11.6 Å². The van der Waals surface area contributed by atoms with Crippen molar-refractivity contribution in [2.45, 2.75) is 76.9 Å². The Bertz CT molecular complexity index is 1520. The number of piperidine rings is 1. The smallest absolute Gasteiger partial charge is 0.306 e. The van der Waals surface area contributed by atoms with Gasteiger partial charge in [0.25, 0.3) is 0 Å². The van der Waals surface area contributed by atoms with Gasteiger partial charge in [-0.1, -0.05) is 37.3 Å². The molecule has 3 atom stereocenters. The molecular formula is C36H41FN2O4. The van der Waals surface area contributed by atoms with Crippen molar-refractivity contribution in [1.82, 2.24) is 9.88 Å². The zero-order valence-corrected chi connectivity index (χ0v) is 25.2. The average molecular weight is 585 g/mol. The van der Waals surface area contributed by atoms with Gasteiger partial charge in [0, 0.05) is 18.2 Å². The summed E-state index contributed by atoms with van der Waals surface area (Å²) in [4.78, 5) is 18.5. The van der Waals surface area contributed by atoms with Crippen molar-refractivity contribution in [2.75, 3.05) is 20.2 Å². The highest BCUT2D eigenvalue weighted by atomic mass is 19.1. The second-order valence-corrected chi connectivity index (χ2v) is 13.4. The number of benzene rings is 2. The molecule has 0 amide bonds. The number of rotatable bonds is 9. The van der Waals surface area contributed by atoms with Gasteiger partial charge in [-0.25, -0.2) is 9.37 Å². The van der Waals surface area contributed by atoms with E-state index in [1.54, 1.807) is 13.2 Å². The standard InChI is InChI=1S/C36H41FN2O4/c1-22(35(40)41)34(24-4-5-24)26-6-3-23-8-10-31(43-32(23)18-26)25-7-9-28(29-19-33(42-2)38-20-30(29)37)27(17-25)21-39-15-13-36(11-12-36)14-16-39/h3,6-7,9,17-20,22,24,31,34H,4-5,8,10-16,21H2,1-2H3,(H,40,41)/t22-,31-,34-/m0/s1. The summed E-state index contributed by atoms with van der Waals surface area (Å²) >= 11 is 0. The van der Waals surface area contributed by atoms with Crippen LogP contribution in [0.15, 0.2) is 48.7 Å². The van der Waals surface area contributed by atoms with Crippen LogP contribution in [-0.4, -0.2) is 41.2 Å². The maximum Gasteiger partial charge on any atom is 0.306 e. The molecule has 0 bridgehead atoms. The fraction of sp³-hybridized carbons (Fsp3) is 0.500. The summed E-state index contributed by atoms with van der Waals surface area (Å²) in [5.74, 6) is 0.145. The van der Waals surface area contributed by atoms with Crippen LogP contribution >= 0.6 is 0 Å². The molecule has 2 aromatic carbocycles. The largest absolute Gasteiger partial charge is 0.485 e. The van der Waals surface area contributed by atoms with Crippen LogP contribution in [0.2, 0.25) is 0 Å². The second-order valence-electron chi connectivity index (χ2n) is 13.4. The van der Waals surface area contributed by atoms with E-state index in [1.807, 2.05) is 13.0 Å². The molecular weight excluding hydrogens is 543 g/mol. The van der Waals surface area contributed by atoms with Crippen molar-refractivity contribution in [2.24, 2.45) is 17.3 Å². The first-order chi connectivity index (χ1) is 20.8. The predicted molar refractivity (Wildman–Crippen MR) is 163 cm³/mol. The predicted octanol–water partition coefficient (Wildman–Crippen LogP) is 7.55. The number of carboxylic acid groups (broad SMARTS) is 1. The number of ether oxygens (including phenoxy) is 2. The third kappa shape index (κ3) is 5.76. The van der Waals surface area contributed by atoms with Crippen LogP contribution in [0.4, 0.5) is 4.39 Å². The first kappa shape index (κ1) is 28.3. The van der Waals surface area contributed by atoms with Gasteiger partial charge >= 0.3 is 5.97 Å². The Kier molecular flexibility index (Phi) is 7.40. The lowest BCUT2D eigenvalue weighted by Gasteiger charge is -2.33. The molecule has 3 fully saturated rings. The van der Waals surface area contributed by atoms with Crippen molar-refractivity contribution >= 4 is 5.97 Å². The van der Waals surface area contributed by atoms with Gasteiger partial charge in [-0.05, 0) is 116 Å². The van der Waals surface area contributed by atoms with Crippen molar-refractivity contribution in [3.05, 3.63) is 76.7 Å². The molecule has 0 unspecified atom stereocenters. The maximum atomic E-state index is 15.2. The third-order valence-corrected chi connectivity index (χ3v) is 10.6. The van der Waals surface area contributed by atoms with E-state index < -0.39 is 11.9 Å². The van der Waals surface area contributed by atoms with E-state index in [4.69, 9.17) is 9.47 Å². The van der Waals surface area contributed by atoms with Gasteiger partial charge in [-0.3, -0.25) is 9.69 Å². The number of aromatic nitrogens is 1. The molecule has 2 aliphatic carbocycles. The molecule has 43 heavy (non-hydrogen) atoms. The number of carboxylic acids is 1. The maximum absolute atomic E-state index is 15.2. The van der Waals surface area contributed by atoms with Crippen LogP contribution in [-0.2, 0) is 17.8 Å². The highest BCUT2D eigenvalue weighted by molar-refractivity contribution is 5.71. The Morgan fingerprint density at radius 2 is 1.88 bits per heavy atom. The molecule has 6 nitrogen and oxygen atoms in total. The molecule has 3 heterocycles. The second kappa shape index (κ2) is 11.2. The Hall–Kier alpha value is -3.45. The molecule has 2 saturated carbocycles. The zero-order valence-electron chi connectivity index (χ0n) is 25.2. The Labute approximate surface area is 253 Å². The fourth-order valence-electron chi connectivity index (χ4n) is 7.45. The van der Waals surface area contributed by atoms with Crippen LogP contribution in [0, 0.1) is 23.1 Å². The summed E-state index contributed by atoms with van der Waals surface area (Å²) in [6.45, 7) is 4.72.